The molecule has 10 heteroatoms. The Morgan fingerprint density at radius 2 is 1.62 bits per heavy atom. The van der Waals surface area contributed by atoms with Crippen LogP contribution in [-0.2, 0) is 44.7 Å². The minimum atomic E-state index is -1.08. The number of benzene rings is 1. The summed E-state index contributed by atoms with van der Waals surface area (Å²) in [5.74, 6) is -1.78. The predicted molar refractivity (Wildman–Crippen MR) is 128 cm³/mol. The number of ether oxygens (including phenoxy) is 5. The monoisotopic (exact) mass is 514 g/mol. The van der Waals surface area contributed by atoms with Crippen molar-refractivity contribution in [1.29, 1.82) is 0 Å². The van der Waals surface area contributed by atoms with Crippen LogP contribution in [0.4, 0.5) is 0 Å². The Kier molecular flexibility index (Phi) is 10.9. The molecule has 8 nitrogen and oxygen atoms in total. The van der Waals surface area contributed by atoms with Gasteiger partial charge in [-0.1, -0.05) is 29.8 Å². The van der Waals surface area contributed by atoms with E-state index in [2.05, 4.69) is 0 Å². The second kappa shape index (κ2) is 13.1. The molecular formula is C24H31ClO8S. The van der Waals surface area contributed by atoms with Gasteiger partial charge in [-0.2, -0.15) is 0 Å². The van der Waals surface area contributed by atoms with Gasteiger partial charge in [0.15, 0.2) is 18.3 Å². The molecule has 0 amide bonds. The first-order valence-electron chi connectivity index (χ1n) is 10.8. The fourth-order valence-electron chi connectivity index (χ4n) is 3.71. The lowest BCUT2D eigenvalue weighted by Gasteiger charge is -2.44. The highest BCUT2D eigenvalue weighted by Gasteiger charge is 2.52. The summed E-state index contributed by atoms with van der Waals surface area (Å²) in [5.41, 5.74) is 1.49. The van der Waals surface area contributed by atoms with Gasteiger partial charge < -0.3 is 23.7 Å². The molecule has 188 valence electrons. The van der Waals surface area contributed by atoms with Crippen LogP contribution in [0.25, 0.3) is 0 Å². The Morgan fingerprint density at radius 3 is 2.18 bits per heavy atom. The second-order valence-corrected chi connectivity index (χ2v) is 9.09. The number of thioether (sulfide) groups is 1. The van der Waals surface area contributed by atoms with Crippen molar-refractivity contribution < 1.29 is 38.1 Å². The smallest absolute Gasteiger partial charge is 0.303 e. The third kappa shape index (κ3) is 7.46. The molecule has 1 aliphatic rings. The van der Waals surface area contributed by atoms with Gasteiger partial charge in [-0.25, -0.2) is 0 Å². The fourth-order valence-corrected chi connectivity index (χ4v) is 4.58. The van der Waals surface area contributed by atoms with Crippen molar-refractivity contribution in [2.75, 3.05) is 12.9 Å². The summed E-state index contributed by atoms with van der Waals surface area (Å²) in [6.07, 6.45) is 1.62. The summed E-state index contributed by atoms with van der Waals surface area (Å²) in [6, 6.07) is 3.65. The summed E-state index contributed by atoms with van der Waals surface area (Å²) in [4.78, 5) is 35.7. The standard InChI is InChI=1S/C24H31ClO8S/c1-7-8-9-29-12-18-11-17(10-13(2)19(18)25)20-21(30-14(3)26)22(31-15(4)27)23(32-16(5)28)24(33-20)34-6/h7-8,10-11,20-24H,9,12H2,1-6H3/b8-7+/t20-,21-,22+,23-,24+/m0/s1. The highest BCUT2D eigenvalue weighted by molar-refractivity contribution is 7.99. The first kappa shape index (κ1) is 28.2. The van der Waals surface area contributed by atoms with Crippen molar-refractivity contribution >= 4 is 41.3 Å². The molecule has 1 heterocycles. The van der Waals surface area contributed by atoms with Crippen molar-refractivity contribution in [2.24, 2.45) is 0 Å². The van der Waals surface area contributed by atoms with Gasteiger partial charge in [0.05, 0.1) is 13.2 Å². The summed E-state index contributed by atoms with van der Waals surface area (Å²) >= 11 is 7.80. The van der Waals surface area contributed by atoms with Crippen molar-refractivity contribution in [3.05, 3.63) is 46.0 Å². The average Bonchev–Trinajstić information content (AvgIpc) is 2.75. The quantitative estimate of drug-likeness (QED) is 0.207. The number of hydrogen-bond donors (Lipinski definition) is 0. The predicted octanol–water partition coefficient (Wildman–Crippen LogP) is 4.30. The Bertz CT molecular complexity index is 918. The summed E-state index contributed by atoms with van der Waals surface area (Å²) in [6.45, 7) is 8.18. The third-order valence-electron chi connectivity index (χ3n) is 5.02. The first-order valence-corrected chi connectivity index (χ1v) is 12.4. The number of halogens is 1. The number of rotatable bonds is 9. The van der Waals surface area contributed by atoms with Crippen LogP contribution < -0.4 is 0 Å². The summed E-state index contributed by atoms with van der Waals surface area (Å²) in [5, 5.41) is 0.555. The molecule has 34 heavy (non-hydrogen) atoms. The topological polar surface area (TPSA) is 97.4 Å². The van der Waals surface area contributed by atoms with Crippen LogP contribution in [0.5, 0.6) is 0 Å². The molecule has 1 aromatic rings. The normalized spacial score (nSPS) is 24.6. The van der Waals surface area contributed by atoms with Gasteiger partial charge in [0.1, 0.15) is 11.5 Å². The van der Waals surface area contributed by atoms with E-state index in [0.29, 0.717) is 17.2 Å². The molecule has 1 aliphatic heterocycles. The Morgan fingerprint density at radius 1 is 1.03 bits per heavy atom. The Labute approximate surface area is 209 Å². The highest BCUT2D eigenvalue weighted by atomic mass is 35.5. The van der Waals surface area contributed by atoms with Gasteiger partial charge in [0.2, 0.25) is 0 Å². The van der Waals surface area contributed by atoms with Crippen LogP contribution in [0.2, 0.25) is 5.02 Å². The SMILES string of the molecule is C/C=C/COCc1cc([C@@H]2O[C@H](SC)[C@@H](OC(C)=O)[C@H](OC(C)=O)[C@H]2OC(C)=O)cc(C)c1Cl. The van der Waals surface area contributed by atoms with E-state index in [1.54, 1.807) is 6.26 Å². The van der Waals surface area contributed by atoms with Crippen molar-refractivity contribution in [1.82, 2.24) is 0 Å². The van der Waals surface area contributed by atoms with Crippen molar-refractivity contribution in [2.45, 2.75) is 71.1 Å². The Hall–Kier alpha value is -2.07. The van der Waals surface area contributed by atoms with E-state index in [0.717, 1.165) is 11.1 Å². The number of carbonyl (C=O) groups is 3. The van der Waals surface area contributed by atoms with E-state index >= 15 is 0 Å². The lowest BCUT2D eigenvalue weighted by atomic mass is 9.92. The number of esters is 3. The molecule has 0 unspecified atom stereocenters. The van der Waals surface area contributed by atoms with Gasteiger partial charge in [0, 0.05) is 25.8 Å². The molecule has 0 radical (unpaired) electrons. The van der Waals surface area contributed by atoms with Gasteiger partial charge in [-0.05, 0) is 42.9 Å². The minimum absolute atomic E-state index is 0.262. The largest absolute Gasteiger partial charge is 0.455 e. The van der Waals surface area contributed by atoms with Crippen LogP contribution >= 0.6 is 23.4 Å². The van der Waals surface area contributed by atoms with Crippen molar-refractivity contribution in [3.63, 3.8) is 0 Å². The Balaban J connectivity index is 2.54. The zero-order valence-corrected chi connectivity index (χ0v) is 21.7. The zero-order chi connectivity index (χ0) is 25.4. The molecule has 0 aliphatic carbocycles. The van der Waals surface area contributed by atoms with Gasteiger partial charge in [-0.3, -0.25) is 14.4 Å². The second-order valence-electron chi connectivity index (χ2n) is 7.78. The molecule has 2 rings (SSSR count). The fraction of sp³-hybridized carbons (Fsp3) is 0.542. The third-order valence-corrected chi connectivity index (χ3v) is 6.41. The van der Waals surface area contributed by atoms with E-state index < -0.39 is 47.8 Å². The molecule has 1 saturated heterocycles. The summed E-state index contributed by atoms with van der Waals surface area (Å²) in [7, 11) is 0. The van der Waals surface area contributed by atoms with Gasteiger partial charge >= 0.3 is 17.9 Å². The maximum atomic E-state index is 12.0. The minimum Gasteiger partial charge on any atom is -0.455 e. The van der Waals surface area contributed by atoms with E-state index in [1.165, 1.54) is 32.5 Å². The molecule has 1 fully saturated rings. The van der Waals surface area contributed by atoms with Gasteiger partial charge in [-0.15, -0.1) is 11.8 Å². The molecule has 5 atom stereocenters. The van der Waals surface area contributed by atoms with Crippen LogP contribution in [0, 0.1) is 6.92 Å². The highest BCUT2D eigenvalue weighted by Crippen LogP contribution is 2.41. The van der Waals surface area contributed by atoms with E-state index in [-0.39, 0.29) is 6.61 Å². The van der Waals surface area contributed by atoms with Crippen LogP contribution in [0.1, 0.15) is 50.5 Å². The maximum absolute atomic E-state index is 12.0. The van der Waals surface area contributed by atoms with E-state index in [9.17, 15) is 14.4 Å². The molecule has 0 spiro atoms. The first-order chi connectivity index (χ1) is 16.1. The van der Waals surface area contributed by atoms with E-state index in [4.69, 9.17) is 35.3 Å². The lowest BCUT2D eigenvalue weighted by Crippen LogP contribution is -2.57. The molecule has 1 aromatic carbocycles. The molecule has 0 saturated carbocycles. The van der Waals surface area contributed by atoms with E-state index in [1.807, 2.05) is 38.1 Å². The zero-order valence-electron chi connectivity index (χ0n) is 20.2. The van der Waals surface area contributed by atoms with Crippen LogP contribution in [0.3, 0.4) is 0 Å². The maximum Gasteiger partial charge on any atom is 0.303 e. The average molecular weight is 515 g/mol. The van der Waals surface area contributed by atoms with Crippen LogP contribution in [-0.4, -0.2) is 54.5 Å². The molecule has 0 aromatic heterocycles. The molecular weight excluding hydrogens is 484 g/mol. The number of allylic oxidation sites excluding steroid dienone is 1. The van der Waals surface area contributed by atoms with Gasteiger partial charge in [0.25, 0.3) is 0 Å². The molecule has 0 bridgehead atoms. The number of aryl methyl sites for hydroxylation is 1. The summed E-state index contributed by atoms with van der Waals surface area (Å²) < 4.78 is 28.5. The van der Waals surface area contributed by atoms with Crippen molar-refractivity contribution in [3.8, 4) is 0 Å². The van der Waals surface area contributed by atoms with Crippen LogP contribution in [0.15, 0.2) is 24.3 Å². The number of hydrogen-bond acceptors (Lipinski definition) is 9. The molecule has 0 N–H and O–H groups in total. The lowest BCUT2D eigenvalue weighted by molar-refractivity contribution is -0.233. The number of carbonyl (C=O) groups excluding carboxylic acids is 3.